The van der Waals surface area contributed by atoms with Gasteiger partial charge in [-0.3, -0.25) is 4.79 Å². The van der Waals surface area contributed by atoms with E-state index in [-0.39, 0.29) is 12.3 Å². The summed E-state index contributed by atoms with van der Waals surface area (Å²) in [6, 6.07) is 0. The first kappa shape index (κ1) is 16.3. The second kappa shape index (κ2) is 23.5. The fourth-order valence-corrected chi connectivity index (χ4v) is 0. The molecule has 0 amide bonds. The van der Waals surface area contributed by atoms with E-state index in [9.17, 15) is 4.79 Å². The van der Waals surface area contributed by atoms with Gasteiger partial charge in [0.05, 0.1) is 6.54 Å². The van der Waals surface area contributed by atoms with Crippen molar-refractivity contribution in [3.8, 4) is 0 Å². The summed E-state index contributed by atoms with van der Waals surface area (Å²) in [4.78, 5) is 9.69. The largest absolute Gasteiger partial charge is 0.331 e. The van der Waals surface area contributed by atoms with Crippen molar-refractivity contribution in [1.29, 1.82) is 0 Å². The van der Waals surface area contributed by atoms with Gasteiger partial charge in [-0.1, -0.05) is 20.8 Å². The molecular weight excluding hydrogens is 128 g/mol. The minimum atomic E-state index is 0.0324. The average Bonchev–Trinajstić information content (AvgIpc) is 1.94. The molecule has 3 nitrogen and oxygen atoms in total. The van der Waals surface area contributed by atoms with Gasteiger partial charge in [0.1, 0.15) is 5.78 Å². The molecule has 0 atom stereocenters. The molecule has 0 aromatic carbocycles. The Balaban J connectivity index is -0.0000000847. The summed E-state index contributed by atoms with van der Waals surface area (Å²) in [6.45, 7) is 8.28. The second-order valence-corrected chi connectivity index (χ2v) is 1.31. The minimum absolute atomic E-state index is 0.0324. The minimum Gasteiger partial charge on any atom is -0.331 e. The Labute approximate surface area is 63.8 Å². The lowest BCUT2D eigenvalue weighted by Gasteiger charge is -1.73. The molecule has 0 aromatic rings. The van der Waals surface area contributed by atoms with Gasteiger partial charge >= 0.3 is 0 Å². The number of carbonyl (C=O) groups excluding carboxylic acids is 1. The molecule has 0 saturated carbocycles. The molecule has 0 aliphatic heterocycles. The van der Waals surface area contributed by atoms with E-state index in [1.807, 2.05) is 20.8 Å². The highest BCUT2D eigenvalue weighted by Crippen LogP contribution is 1.51. The lowest BCUT2D eigenvalue weighted by molar-refractivity contribution is -0.115. The Morgan fingerprint density at radius 3 is 1.40 bits per heavy atom. The van der Waals surface area contributed by atoms with E-state index >= 15 is 0 Å². The van der Waals surface area contributed by atoms with Crippen LogP contribution in [0.1, 0.15) is 27.7 Å². The number of nitrogens with two attached hydrogens (primary N) is 2. The molecule has 0 bridgehead atoms. The van der Waals surface area contributed by atoms with Gasteiger partial charge in [-0.2, -0.15) is 0 Å². The molecule has 0 spiro atoms. The van der Waals surface area contributed by atoms with Crippen molar-refractivity contribution in [2.75, 3.05) is 13.1 Å². The topological polar surface area (TPSA) is 69.1 Å². The second-order valence-electron chi connectivity index (χ2n) is 1.31. The predicted octanol–water partition coefficient (Wildman–Crippen LogP) is 0.525. The number of ketones is 1. The van der Waals surface area contributed by atoms with E-state index < -0.39 is 0 Å². The number of rotatable bonds is 1. The molecule has 64 valence electrons. The molecule has 0 heterocycles. The molecule has 0 unspecified atom stereocenters. The summed E-state index contributed by atoms with van der Waals surface area (Å²) in [5.41, 5.74) is 9.67. The van der Waals surface area contributed by atoms with Gasteiger partial charge in [0.2, 0.25) is 0 Å². The smallest absolute Gasteiger partial charge is 0.143 e. The van der Waals surface area contributed by atoms with Crippen molar-refractivity contribution >= 4 is 5.78 Å². The van der Waals surface area contributed by atoms with Crippen LogP contribution in [0.3, 0.4) is 0 Å². The van der Waals surface area contributed by atoms with Crippen LogP contribution in [0.15, 0.2) is 0 Å². The van der Waals surface area contributed by atoms with Gasteiger partial charge in [0.15, 0.2) is 0 Å². The Morgan fingerprint density at radius 1 is 1.30 bits per heavy atom. The lowest BCUT2D eigenvalue weighted by atomic mass is 10.5. The normalized spacial score (nSPS) is 6.20. The Kier molecular flexibility index (Phi) is 38.3. The number of hydrogen-bond donors (Lipinski definition) is 2. The molecule has 0 rings (SSSR count). The van der Waals surface area contributed by atoms with E-state index in [1.54, 1.807) is 0 Å². The van der Waals surface area contributed by atoms with Crippen LogP contribution in [0.25, 0.3) is 0 Å². The zero-order valence-corrected chi connectivity index (χ0v) is 7.48. The molecule has 10 heavy (non-hydrogen) atoms. The van der Waals surface area contributed by atoms with Gasteiger partial charge in [0, 0.05) is 0 Å². The van der Waals surface area contributed by atoms with Gasteiger partial charge in [-0.25, -0.2) is 0 Å². The fourth-order valence-electron chi connectivity index (χ4n) is 0. The molecule has 0 saturated heterocycles. The van der Waals surface area contributed by atoms with Crippen LogP contribution in [-0.4, -0.2) is 18.9 Å². The zero-order chi connectivity index (χ0) is 8.99. The van der Waals surface area contributed by atoms with Crippen LogP contribution in [-0.2, 0) is 4.79 Å². The Hall–Kier alpha value is -0.410. The quantitative estimate of drug-likeness (QED) is 0.569. The van der Waals surface area contributed by atoms with E-state index in [0.717, 1.165) is 6.54 Å². The fraction of sp³-hybridized carbons (Fsp3) is 0.857. The van der Waals surface area contributed by atoms with Crippen molar-refractivity contribution in [2.45, 2.75) is 27.7 Å². The first-order valence-corrected chi connectivity index (χ1v) is 3.58. The number of hydrogen-bond acceptors (Lipinski definition) is 3. The van der Waals surface area contributed by atoms with E-state index in [1.165, 1.54) is 6.92 Å². The lowest BCUT2D eigenvalue weighted by Crippen LogP contribution is -2.07. The SMILES string of the molecule is CC.CC(=O)CN.CCN. The summed E-state index contributed by atoms with van der Waals surface area (Å²) in [5.74, 6) is 0.0324. The van der Waals surface area contributed by atoms with Crippen molar-refractivity contribution in [1.82, 2.24) is 0 Å². The van der Waals surface area contributed by atoms with Gasteiger partial charge in [-0.15, -0.1) is 0 Å². The van der Waals surface area contributed by atoms with Crippen LogP contribution in [0.4, 0.5) is 0 Å². The van der Waals surface area contributed by atoms with Crippen LogP contribution in [0, 0.1) is 0 Å². The molecule has 0 aliphatic carbocycles. The molecule has 0 fully saturated rings. The summed E-state index contributed by atoms with van der Waals surface area (Å²) >= 11 is 0. The summed E-state index contributed by atoms with van der Waals surface area (Å²) < 4.78 is 0. The molecular formula is C7H20N2O. The third-order valence-corrected chi connectivity index (χ3v) is 0.287. The van der Waals surface area contributed by atoms with Gasteiger partial charge in [-0.05, 0) is 13.5 Å². The maximum atomic E-state index is 9.69. The van der Waals surface area contributed by atoms with Gasteiger partial charge in [0.25, 0.3) is 0 Å². The van der Waals surface area contributed by atoms with E-state index in [2.05, 4.69) is 0 Å². The van der Waals surface area contributed by atoms with Crippen molar-refractivity contribution in [3.63, 3.8) is 0 Å². The predicted molar refractivity (Wildman–Crippen MR) is 45.8 cm³/mol. The molecule has 0 aromatic heterocycles. The summed E-state index contributed by atoms with van der Waals surface area (Å²) in [5, 5.41) is 0. The summed E-state index contributed by atoms with van der Waals surface area (Å²) in [7, 11) is 0. The first-order chi connectivity index (χ1) is 4.68. The van der Waals surface area contributed by atoms with Crippen LogP contribution < -0.4 is 11.5 Å². The van der Waals surface area contributed by atoms with Crippen molar-refractivity contribution in [2.24, 2.45) is 11.5 Å². The highest BCUT2D eigenvalue weighted by atomic mass is 16.1. The molecule has 0 aliphatic rings. The Bertz CT molecular complexity index is 55.6. The van der Waals surface area contributed by atoms with Gasteiger partial charge < -0.3 is 11.5 Å². The third kappa shape index (κ3) is 130. The average molecular weight is 148 g/mol. The van der Waals surface area contributed by atoms with Crippen molar-refractivity contribution < 1.29 is 4.79 Å². The molecule has 4 N–H and O–H groups in total. The standard InChI is InChI=1S/C3H7NO.C2H7N.C2H6/c1-3(5)2-4;1-2-3;1-2/h2,4H2,1H3;2-3H2,1H3;1-2H3. The third-order valence-electron chi connectivity index (χ3n) is 0.287. The first-order valence-electron chi connectivity index (χ1n) is 3.58. The Morgan fingerprint density at radius 2 is 1.40 bits per heavy atom. The maximum Gasteiger partial charge on any atom is 0.143 e. The maximum absolute atomic E-state index is 9.69. The number of Topliss-reactive ketones (excluding diaryl/α,β-unsaturated/α-hetero) is 1. The van der Waals surface area contributed by atoms with E-state index in [4.69, 9.17) is 11.5 Å². The highest BCUT2D eigenvalue weighted by Gasteiger charge is 1.76. The molecule has 0 radical (unpaired) electrons. The zero-order valence-electron chi connectivity index (χ0n) is 7.48. The van der Waals surface area contributed by atoms with Crippen LogP contribution in [0.2, 0.25) is 0 Å². The molecule has 3 heteroatoms. The summed E-state index contributed by atoms with van der Waals surface area (Å²) in [6.07, 6.45) is 0. The monoisotopic (exact) mass is 148 g/mol. The number of carbonyl (C=O) groups is 1. The van der Waals surface area contributed by atoms with Crippen LogP contribution >= 0.6 is 0 Å². The van der Waals surface area contributed by atoms with Crippen LogP contribution in [0.5, 0.6) is 0 Å². The van der Waals surface area contributed by atoms with Crippen molar-refractivity contribution in [3.05, 3.63) is 0 Å². The van der Waals surface area contributed by atoms with E-state index in [0.29, 0.717) is 0 Å². The highest BCUT2D eigenvalue weighted by molar-refractivity contribution is 5.77.